The van der Waals surface area contributed by atoms with Crippen molar-refractivity contribution < 1.29 is 9.59 Å². The summed E-state index contributed by atoms with van der Waals surface area (Å²) >= 11 is 11.3. The molecule has 0 heterocycles. The normalized spacial score (nSPS) is 14.9. The van der Waals surface area contributed by atoms with Crippen molar-refractivity contribution in [2.75, 3.05) is 5.75 Å². The van der Waals surface area contributed by atoms with Crippen molar-refractivity contribution in [3.05, 3.63) is 69.2 Å². The van der Waals surface area contributed by atoms with Crippen LogP contribution >= 0.6 is 39.3 Å². The van der Waals surface area contributed by atoms with E-state index in [2.05, 4.69) is 21.2 Å². The Morgan fingerprint density at radius 2 is 1.84 bits per heavy atom. The Morgan fingerprint density at radius 3 is 2.52 bits per heavy atom. The second-order valence-corrected chi connectivity index (χ2v) is 10.2. The zero-order valence-corrected chi connectivity index (χ0v) is 20.8. The summed E-state index contributed by atoms with van der Waals surface area (Å²) in [6.45, 7) is 2.12. The van der Waals surface area contributed by atoms with Crippen molar-refractivity contribution in [2.24, 2.45) is 0 Å². The molecular formula is C24H28BrClN2O2S. The molecule has 1 aliphatic carbocycles. The van der Waals surface area contributed by atoms with Crippen LogP contribution in [0.25, 0.3) is 0 Å². The largest absolute Gasteiger partial charge is 0.352 e. The fourth-order valence-corrected chi connectivity index (χ4v) is 5.03. The standard InChI is InChI=1S/C24H28BrClN2O2S/c1-17(24(30)27-21-7-3-4-8-21)28(14-19-6-2-5-9-22(19)26)23(29)16-31-15-18-10-12-20(25)13-11-18/h2,5-6,9-13,17,21H,3-4,7-8,14-16H2,1H3,(H,27,30)/t17-/m0/s1. The minimum Gasteiger partial charge on any atom is -0.352 e. The van der Waals surface area contributed by atoms with E-state index < -0.39 is 6.04 Å². The first-order valence-electron chi connectivity index (χ1n) is 10.6. The van der Waals surface area contributed by atoms with Gasteiger partial charge < -0.3 is 10.2 Å². The second kappa shape index (κ2) is 11.9. The number of carbonyl (C=O) groups is 2. The molecule has 1 aliphatic rings. The molecule has 4 nitrogen and oxygen atoms in total. The first kappa shape index (κ1) is 24.1. The number of halogens is 2. The molecule has 7 heteroatoms. The first-order valence-corrected chi connectivity index (χ1v) is 12.9. The summed E-state index contributed by atoms with van der Waals surface area (Å²) in [5, 5.41) is 3.73. The number of nitrogens with one attached hydrogen (secondary N) is 1. The van der Waals surface area contributed by atoms with Crippen LogP contribution in [0, 0.1) is 0 Å². The van der Waals surface area contributed by atoms with Gasteiger partial charge in [0.1, 0.15) is 6.04 Å². The highest BCUT2D eigenvalue weighted by Gasteiger charge is 2.28. The van der Waals surface area contributed by atoms with E-state index in [0.717, 1.165) is 47.0 Å². The average Bonchev–Trinajstić information content (AvgIpc) is 3.27. The fourth-order valence-electron chi connectivity index (χ4n) is 3.70. The molecule has 0 aliphatic heterocycles. The summed E-state index contributed by atoms with van der Waals surface area (Å²) < 4.78 is 1.03. The topological polar surface area (TPSA) is 49.4 Å². The number of hydrogen-bond acceptors (Lipinski definition) is 3. The van der Waals surface area contributed by atoms with E-state index in [0.29, 0.717) is 17.3 Å². The second-order valence-electron chi connectivity index (χ2n) is 7.90. The van der Waals surface area contributed by atoms with Crippen molar-refractivity contribution in [1.82, 2.24) is 10.2 Å². The lowest BCUT2D eigenvalue weighted by Gasteiger charge is -2.30. The number of benzene rings is 2. The number of carbonyl (C=O) groups excluding carboxylic acids is 2. The molecule has 1 N–H and O–H groups in total. The highest BCUT2D eigenvalue weighted by atomic mass is 79.9. The first-order chi connectivity index (χ1) is 14.9. The van der Waals surface area contributed by atoms with Gasteiger partial charge in [-0.15, -0.1) is 11.8 Å². The van der Waals surface area contributed by atoms with Gasteiger partial charge in [0.25, 0.3) is 0 Å². The van der Waals surface area contributed by atoms with E-state index in [1.54, 1.807) is 23.6 Å². The van der Waals surface area contributed by atoms with Gasteiger partial charge in [-0.2, -0.15) is 0 Å². The predicted octanol–water partition coefficient (Wildman–Crippen LogP) is 5.81. The van der Waals surface area contributed by atoms with Gasteiger partial charge in [0, 0.05) is 27.8 Å². The molecule has 2 aromatic carbocycles. The Labute approximate surface area is 202 Å². The van der Waals surface area contributed by atoms with E-state index in [4.69, 9.17) is 11.6 Å². The summed E-state index contributed by atoms with van der Waals surface area (Å²) in [5.74, 6) is 0.893. The number of amides is 2. The van der Waals surface area contributed by atoms with Gasteiger partial charge in [0.2, 0.25) is 11.8 Å². The lowest BCUT2D eigenvalue weighted by Crippen LogP contribution is -2.50. The Hall–Kier alpha value is -1.50. The number of hydrogen-bond donors (Lipinski definition) is 1. The number of rotatable bonds is 9. The molecule has 1 atom stereocenters. The molecule has 0 radical (unpaired) electrons. The van der Waals surface area contributed by atoms with Crippen LogP contribution in [0.2, 0.25) is 5.02 Å². The van der Waals surface area contributed by atoms with Crippen LogP contribution < -0.4 is 5.32 Å². The van der Waals surface area contributed by atoms with Crippen LogP contribution in [0.4, 0.5) is 0 Å². The quantitative estimate of drug-likeness (QED) is 0.451. The van der Waals surface area contributed by atoms with Crippen LogP contribution in [-0.4, -0.2) is 34.6 Å². The van der Waals surface area contributed by atoms with Crippen LogP contribution in [0.5, 0.6) is 0 Å². The third-order valence-corrected chi connectivity index (χ3v) is 7.46. The van der Waals surface area contributed by atoms with Crippen molar-refractivity contribution in [2.45, 2.75) is 57.0 Å². The average molecular weight is 524 g/mol. The molecule has 166 valence electrons. The molecule has 2 aromatic rings. The van der Waals surface area contributed by atoms with Crippen LogP contribution in [0.1, 0.15) is 43.7 Å². The molecule has 31 heavy (non-hydrogen) atoms. The summed E-state index contributed by atoms with van der Waals surface area (Å²) in [4.78, 5) is 27.7. The van der Waals surface area contributed by atoms with E-state index in [1.807, 2.05) is 48.5 Å². The van der Waals surface area contributed by atoms with Crippen molar-refractivity contribution in [1.29, 1.82) is 0 Å². The zero-order valence-electron chi connectivity index (χ0n) is 17.7. The molecule has 3 rings (SSSR count). The highest BCUT2D eigenvalue weighted by molar-refractivity contribution is 9.10. The van der Waals surface area contributed by atoms with Crippen molar-refractivity contribution in [3.63, 3.8) is 0 Å². The molecule has 0 unspecified atom stereocenters. The van der Waals surface area contributed by atoms with E-state index in [9.17, 15) is 9.59 Å². The zero-order chi connectivity index (χ0) is 22.2. The van der Waals surface area contributed by atoms with Gasteiger partial charge in [-0.25, -0.2) is 0 Å². The van der Waals surface area contributed by atoms with Crippen LogP contribution in [0.3, 0.4) is 0 Å². The molecule has 1 saturated carbocycles. The number of thioether (sulfide) groups is 1. The lowest BCUT2D eigenvalue weighted by molar-refractivity contribution is -0.138. The molecule has 0 aromatic heterocycles. The molecule has 1 fully saturated rings. The van der Waals surface area contributed by atoms with Gasteiger partial charge in [0.15, 0.2) is 0 Å². The SMILES string of the molecule is C[C@@H](C(=O)NC1CCCC1)N(Cc1ccccc1Cl)C(=O)CSCc1ccc(Br)cc1. The minimum absolute atomic E-state index is 0.0592. The summed E-state index contributed by atoms with van der Waals surface area (Å²) in [5.41, 5.74) is 2.00. The maximum atomic E-state index is 13.2. The fraction of sp³-hybridized carbons (Fsp3) is 0.417. The number of nitrogens with zero attached hydrogens (tertiary/aromatic N) is 1. The molecular weight excluding hydrogens is 496 g/mol. The Bertz CT molecular complexity index is 887. The smallest absolute Gasteiger partial charge is 0.242 e. The van der Waals surface area contributed by atoms with E-state index in [1.165, 1.54) is 0 Å². The van der Waals surface area contributed by atoms with Gasteiger partial charge >= 0.3 is 0 Å². The Kier molecular flexibility index (Phi) is 9.30. The minimum atomic E-state index is -0.558. The third-order valence-electron chi connectivity index (χ3n) is 5.57. The van der Waals surface area contributed by atoms with Crippen molar-refractivity contribution >= 4 is 51.1 Å². The molecule has 0 spiro atoms. The van der Waals surface area contributed by atoms with Crippen molar-refractivity contribution in [3.8, 4) is 0 Å². The van der Waals surface area contributed by atoms with Crippen LogP contribution in [-0.2, 0) is 21.9 Å². The van der Waals surface area contributed by atoms with Gasteiger partial charge in [-0.05, 0) is 49.1 Å². The summed E-state index contributed by atoms with van der Waals surface area (Å²) in [6.07, 6.45) is 4.32. The highest BCUT2D eigenvalue weighted by Crippen LogP contribution is 2.22. The molecule has 0 bridgehead atoms. The molecule has 0 saturated heterocycles. The Morgan fingerprint density at radius 1 is 1.16 bits per heavy atom. The van der Waals surface area contributed by atoms with Gasteiger partial charge in [-0.1, -0.05) is 70.7 Å². The third kappa shape index (κ3) is 7.26. The van der Waals surface area contributed by atoms with Crippen LogP contribution in [0.15, 0.2) is 53.0 Å². The van der Waals surface area contributed by atoms with Gasteiger partial charge in [-0.3, -0.25) is 9.59 Å². The van der Waals surface area contributed by atoms with E-state index >= 15 is 0 Å². The lowest BCUT2D eigenvalue weighted by atomic mass is 10.1. The maximum Gasteiger partial charge on any atom is 0.242 e. The summed E-state index contributed by atoms with van der Waals surface area (Å²) in [7, 11) is 0. The molecule has 2 amide bonds. The maximum absolute atomic E-state index is 13.2. The monoisotopic (exact) mass is 522 g/mol. The van der Waals surface area contributed by atoms with Gasteiger partial charge in [0.05, 0.1) is 5.75 Å². The predicted molar refractivity (Wildman–Crippen MR) is 132 cm³/mol. The Balaban J connectivity index is 1.66. The van der Waals surface area contributed by atoms with E-state index in [-0.39, 0.29) is 17.9 Å². The summed E-state index contributed by atoms with van der Waals surface area (Å²) in [6, 6.07) is 15.2.